The third-order valence-electron chi connectivity index (χ3n) is 7.32. The topological polar surface area (TPSA) is 52.6 Å². The lowest BCUT2D eigenvalue weighted by Crippen LogP contribution is -2.36. The minimum Gasteiger partial charge on any atom is -0.463 e. The minimum absolute atomic E-state index is 0.0271. The van der Waals surface area contributed by atoms with Crippen molar-refractivity contribution in [3.63, 3.8) is 0 Å². The molecule has 8 unspecified atom stereocenters. The molecule has 0 aromatic heterocycles. The number of hydrogen-bond donors (Lipinski definition) is 0. The molecule has 0 amide bonds. The maximum Gasteiger partial charge on any atom is 0.347 e. The minimum atomic E-state index is -0.647. The van der Waals surface area contributed by atoms with Gasteiger partial charge in [0.25, 0.3) is 0 Å². The summed E-state index contributed by atoms with van der Waals surface area (Å²) >= 11 is 0. The number of hydrogen-bond acceptors (Lipinski definition) is 4. The Morgan fingerprint density at radius 1 is 1.13 bits per heavy atom. The maximum atomic E-state index is 12.6. The van der Waals surface area contributed by atoms with Crippen molar-refractivity contribution < 1.29 is 19.1 Å². The van der Waals surface area contributed by atoms with Gasteiger partial charge in [-0.3, -0.25) is 4.79 Å². The Kier molecular flexibility index (Phi) is 3.89. The largest absolute Gasteiger partial charge is 0.463 e. The van der Waals surface area contributed by atoms with Gasteiger partial charge in [0, 0.05) is 6.42 Å². The molecule has 1 aliphatic heterocycles. The van der Waals surface area contributed by atoms with Crippen LogP contribution in [0.4, 0.5) is 0 Å². The standard InChI is InChI=1S/C19H28O4/c1-3-10-7-11(4-2)17-13-8-12(16(10)17)9-14(13)18(20)23-15-5-6-22-19(15)21/h10-17H,3-9H2,1-2H3. The molecule has 3 saturated carbocycles. The van der Waals surface area contributed by atoms with E-state index < -0.39 is 6.10 Å². The fraction of sp³-hybridized carbons (Fsp3) is 0.895. The van der Waals surface area contributed by atoms with Crippen molar-refractivity contribution >= 4 is 11.9 Å². The van der Waals surface area contributed by atoms with Crippen molar-refractivity contribution in [2.24, 2.45) is 41.4 Å². The second-order valence-corrected chi connectivity index (χ2v) is 8.11. The molecule has 4 rings (SSSR count). The molecule has 0 aromatic rings. The van der Waals surface area contributed by atoms with Crippen LogP contribution in [0.2, 0.25) is 0 Å². The van der Waals surface area contributed by atoms with Crippen molar-refractivity contribution in [1.29, 1.82) is 0 Å². The zero-order valence-electron chi connectivity index (χ0n) is 14.2. The fourth-order valence-electron chi connectivity index (χ4n) is 6.48. The molecule has 0 spiro atoms. The van der Waals surface area contributed by atoms with Crippen molar-refractivity contribution in [3.8, 4) is 0 Å². The number of cyclic esters (lactones) is 1. The summed E-state index contributed by atoms with van der Waals surface area (Å²) in [4.78, 5) is 24.2. The van der Waals surface area contributed by atoms with E-state index in [1.165, 1.54) is 25.7 Å². The van der Waals surface area contributed by atoms with Crippen LogP contribution in [0.3, 0.4) is 0 Å². The summed E-state index contributed by atoms with van der Waals surface area (Å²) < 4.78 is 10.4. The van der Waals surface area contributed by atoms with Gasteiger partial charge in [-0.25, -0.2) is 4.79 Å². The van der Waals surface area contributed by atoms with Gasteiger partial charge < -0.3 is 9.47 Å². The highest BCUT2D eigenvalue weighted by atomic mass is 16.6. The van der Waals surface area contributed by atoms with Crippen molar-refractivity contribution in [3.05, 3.63) is 0 Å². The van der Waals surface area contributed by atoms with E-state index in [1.54, 1.807) is 0 Å². The molecular weight excluding hydrogens is 292 g/mol. The summed E-state index contributed by atoms with van der Waals surface area (Å²) in [6, 6.07) is 0. The molecule has 23 heavy (non-hydrogen) atoms. The Balaban J connectivity index is 1.47. The maximum absolute atomic E-state index is 12.6. The lowest BCUT2D eigenvalue weighted by Gasteiger charge is -2.34. The predicted molar refractivity (Wildman–Crippen MR) is 84.3 cm³/mol. The highest BCUT2D eigenvalue weighted by molar-refractivity contribution is 5.81. The van der Waals surface area contributed by atoms with E-state index in [2.05, 4.69) is 13.8 Å². The highest BCUT2D eigenvalue weighted by Crippen LogP contribution is 2.65. The summed E-state index contributed by atoms with van der Waals surface area (Å²) in [6.45, 7) is 5.01. The van der Waals surface area contributed by atoms with Gasteiger partial charge in [-0.2, -0.15) is 0 Å². The number of ether oxygens (including phenoxy) is 2. The van der Waals surface area contributed by atoms with E-state index >= 15 is 0 Å². The number of carbonyl (C=O) groups excluding carboxylic acids is 2. The van der Waals surface area contributed by atoms with Crippen LogP contribution in [0.1, 0.15) is 52.4 Å². The lowest BCUT2D eigenvalue weighted by atomic mass is 9.70. The molecule has 0 radical (unpaired) electrons. The van der Waals surface area contributed by atoms with Crippen molar-refractivity contribution in [1.82, 2.24) is 0 Å². The van der Waals surface area contributed by atoms with Crippen LogP contribution in [0.25, 0.3) is 0 Å². The van der Waals surface area contributed by atoms with Gasteiger partial charge in [0.2, 0.25) is 6.10 Å². The Labute approximate surface area is 138 Å². The summed E-state index contributed by atoms with van der Waals surface area (Å²) in [5.74, 6) is 3.95. The fourth-order valence-corrected chi connectivity index (χ4v) is 6.48. The van der Waals surface area contributed by atoms with Crippen LogP contribution in [0.5, 0.6) is 0 Å². The van der Waals surface area contributed by atoms with Gasteiger partial charge in [0.15, 0.2) is 0 Å². The third kappa shape index (κ3) is 2.32. The molecule has 4 heteroatoms. The van der Waals surface area contributed by atoms with Crippen LogP contribution >= 0.6 is 0 Å². The lowest BCUT2D eigenvalue weighted by molar-refractivity contribution is -0.165. The molecule has 0 N–H and O–H groups in total. The van der Waals surface area contributed by atoms with Gasteiger partial charge >= 0.3 is 11.9 Å². The third-order valence-corrected chi connectivity index (χ3v) is 7.32. The molecular formula is C19H28O4. The summed E-state index contributed by atoms with van der Waals surface area (Å²) in [5, 5.41) is 0. The quantitative estimate of drug-likeness (QED) is 0.747. The van der Waals surface area contributed by atoms with E-state index in [0.717, 1.165) is 30.1 Å². The number of fused-ring (bicyclic) bond motifs is 5. The first-order chi connectivity index (χ1) is 11.1. The molecule has 4 nitrogen and oxygen atoms in total. The first kappa shape index (κ1) is 15.5. The molecule has 8 atom stereocenters. The van der Waals surface area contributed by atoms with Crippen LogP contribution < -0.4 is 0 Å². The molecule has 128 valence electrons. The summed E-state index contributed by atoms with van der Waals surface area (Å²) in [5.41, 5.74) is 0. The second-order valence-electron chi connectivity index (χ2n) is 8.11. The van der Waals surface area contributed by atoms with Crippen LogP contribution in [0, 0.1) is 41.4 Å². The average Bonchev–Trinajstić information content (AvgIpc) is 3.28. The van der Waals surface area contributed by atoms with Gasteiger partial charge in [0.1, 0.15) is 0 Å². The van der Waals surface area contributed by atoms with E-state index in [0.29, 0.717) is 24.9 Å². The monoisotopic (exact) mass is 320 g/mol. The molecule has 2 bridgehead atoms. The molecule has 3 aliphatic carbocycles. The van der Waals surface area contributed by atoms with Crippen LogP contribution in [-0.2, 0) is 19.1 Å². The van der Waals surface area contributed by atoms with Crippen molar-refractivity contribution in [2.75, 3.05) is 6.61 Å². The van der Waals surface area contributed by atoms with E-state index in [9.17, 15) is 9.59 Å². The molecule has 1 saturated heterocycles. The highest BCUT2D eigenvalue weighted by Gasteiger charge is 2.61. The smallest absolute Gasteiger partial charge is 0.347 e. The van der Waals surface area contributed by atoms with E-state index in [4.69, 9.17) is 9.47 Å². The van der Waals surface area contributed by atoms with Gasteiger partial charge in [-0.1, -0.05) is 26.7 Å². The van der Waals surface area contributed by atoms with Crippen LogP contribution in [-0.4, -0.2) is 24.6 Å². The first-order valence-electron chi connectivity index (χ1n) is 9.51. The zero-order valence-corrected chi connectivity index (χ0v) is 14.2. The summed E-state index contributed by atoms with van der Waals surface area (Å²) in [6.07, 6.45) is 5.93. The number of carbonyl (C=O) groups is 2. The second kappa shape index (κ2) is 5.78. The van der Waals surface area contributed by atoms with Crippen molar-refractivity contribution in [2.45, 2.75) is 58.5 Å². The predicted octanol–water partition coefficient (Wildman–Crippen LogP) is 3.19. The van der Waals surface area contributed by atoms with Gasteiger partial charge in [-0.05, 0) is 54.8 Å². The Morgan fingerprint density at radius 2 is 1.87 bits per heavy atom. The molecule has 4 aliphatic rings. The first-order valence-corrected chi connectivity index (χ1v) is 9.51. The van der Waals surface area contributed by atoms with Gasteiger partial charge in [-0.15, -0.1) is 0 Å². The van der Waals surface area contributed by atoms with E-state index in [1.807, 2.05) is 0 Å². The summed E-state index contributed by atoms with van der Waals surface area (Å²) in [7, 11) is 0. The van der Waals surface area contributed by atoms with Gasteiger partial charge in [0.05, 0.1) is 12.5 Å². The van der Waals surface area contributed by atoms with E-state index in [-0.39, 0.29) is 17.9 Å². The Bertz CT molecular complexity index is 502. The molecule has 0 aromatic carbocycles. The molecule has 4 fully saturated rings. The normalized spacial score (nSPS) is 47.7. The zero-order chi connectivity index (χ0) is 16.1. The van der Waals surface area contributed by atoms with Crippen LogP contribution in [0.15, 0.2) is 0 Å². The number of esters is 2. The Morgan fingerprint density at radius 3 is 2.52 bits per heavy atom. The number of rotatable bonds is 4. The molecule has 1 heterocycles. The Hall–Kier alpha value is -1.06. The average molecular weight is 320 g/mol. The SMILES string of the molecule is CCC1CC(CC)C2C3CC(CC3C(=O)OC3CCOC3=O)C12.